The van der Waals surface area contributed by atoms with Crippen LogP contribution in [0.15, 0.2) is 0 Å². The van der Waals surface area contributed by atoms with Crippen LogP contribution >= 0.6 is 11.6 Å². The van der Waals surface area contributed by atoms with Crippen molar-refractivity contribution in [2.75, 3.05) is 85.9 Å². The van der Waals surface area contributed by atoms with Gasteiger partial charge in [-0.25, -0.2) is 0 Å². The molecule has 0 saturated carbocycles. The Hall–Kier alpha value is 0.300. The molecule has 0 aromatic rings. The molecule has 0 fully saturated rings. The molecule has 0 bridgehead atoms. The smallest absolute Gasteiger partial charge is 0.116 e. The number of hydrogen-bond acceptors (Lipinski definition) is 6. The number of aliphatic hydroxyl groups excluding tert-OH is 1. The number of nitrogens with one attached hydrogen (secondary N) is 3. The number of quaternary nitrogens is 1. The molecule has 0 radical (unpaired) electrons. The Balaban J connectivity index is -0.000000354. The van der Waals surface area contributed by atoms with E-state index in [1.165, 1.54) is 0 Å². The molecule has 1 unspecified atom stereocenters. The molecule has 8 N–H and O–H groups in total. The minimum absolute atomic E-state index is 0. The third kappa shape index (κ3) is 30.7. The second kappa shape index (κ2) is 20.3. The summed E-state index contributed by atoms with van der Waals surface area (Å²) in [5.41, 5.74) is 10.6. The molecular formula is C14H38Cl2N6O. The Labute approximate surface area is 153 Å². The zero-order valence-electron chi connectivity index (χ0n) is 15.0. The van der Waals surface area contributed by atoms with E-state index in [4.69, 9.17) is 28.2 Å². The molecule has 0 aromatic carbocycles. The van der Waals surface area contributed by atoms with E-state index in [1.54, 1.807) is 0 Å². The minimum Gasteiger partial charge on any atom is -1.00 e. The lowest BCUT2D eigenvalue weighted by molar-refractivity contribution is -0.873. The minimum atomic E-state index is -0.369. The third-order valence-electron chi connectivity index (χ3n) is 2.54. The SMILES string of the molecule is C[N+](C)(C)CC(O)CCl.NCCNCCNCCNCCN.[Cl-]. The molecule has 0 heterocycles. The summed E-state index contributed by atoms with van der Waals surface area (Å²) >= 11 is 5.40. The van der Waals surface area contributed by atoms with Crippen molar-refractivity contribution in [3.8, 4) is 0 Å². The lowest BCUT2D eigenvalue weighted by Gasteiger charge is -2.25. The first-order valence-electron chi connectivity index (χ1n) is 7.94. The molecule has 0 rings (SSSR count). The van der Waals surface area contributed by atoms with E-state index < -0.39 is 0 Å². The van der Waals surface area contributed by atoms with Crippen LogP contribution in [0.5, 0.6) is 0 Å². The summed E-state index contributed by atoms with van der Waals surface area (Å²) in [5.74, 6) is 0.329. The topological polar surface area (TPSA) is 108 Å². The van der Waals surface area contributed by atoms with E-state index in [0.717, 1.165) is 43.8 Å². The summed E-state index contributed by atoms with van der Waals surface area (Å²) in [5, 5.41) is 18.8. The lowest BCUT2D eigenvalue weighted by atomic mass is 10.3. The van der Waals surface area contributed by atoms with Crippen molar-refractivity contribution in [3.05, 3.63) is 0 Å². The van der Waals surface area contributed by atoms with Crippen molar-refractivity contribution in [1.29, 1.82) is 0 Å². The van der Waals surface area contributed by atoms with Gasteiger partial charge in [0.25, 0.3) is 0 Å². The molecule has 1 atom stereocenters. The van der Waals surface area contributed by atoms with E-state index >= 15 is 0 Å². The summed E-state index contributed by atoms with van der Waals surface area (Å²) in [4.78, 5) is 0. The van der Waals surface area contributed by atoms with E-state index in [0.29, 0.717) is 25.5 Å². The fraction of sp³-hybridized carbons (Fsp3) is 1.00. The van der Waals surface area contributed by atoms with Crippen LogP contribution in [-0.4, -0.2) is 102 Å². The van der Waals surface area contributed by atoms with Gasteiger partial charge in [0.05, 0.1) is 27.0 Å². The van der Waals surface area contributed by atoms with Gasteiger partial charge < -0.3 is 49.4 Å². The number of likely N-dealkylation sites (N-methyl/N-ethyl adjacent to an activating group) is 1. The number of aliphatic hydroxyl groups is 1. The maximum atomic E-state index is 9.05. The second-order valence-corrected chi connectivity index (χ2v) is 6.42. The van der Waals surface area contributed by atoms with Gasteiger partial charge in [-0.15, -0.1) is 11.6 Å². The number of nitrogens with two attached hydrogens (primary N) is 2. The van der Waals surface area contributed by atoms with Crippen LogP contribution in [0.2, 0.25) is 0 Å². The predicted molar refractivity (Wildman–Crippen MR) is 96.3 cm³/mol. The number of halogens is 2. The first-order chi connectivity index (χ1) is 10.4. The van der Waals surface area contributed by atoms with Gasteiger partial charge in [-0.2, -0.15) is 0 Å². The third-order valence-corrected chi connectivity index (χ3v) is 2.89. The fourth-order valence-corrected chi connectivity index (χ4v) is 1.71. The molecule has 23 heavy (non-hydrogen) atoms. The van der Waals surface area contributed by atoms with Gasteiger partial charge in [-0.3, -0.25) is 0 Å². The van der Waals surface area contributed by atoms with E-state index in [9.17, 15) is 0 Å². The van der Waals surface area contributed by atoms with Crippen LogP contribution in [0, 0.1) is 0 Å². The Bertz CT molecular complexity index is 210. The number of hydrogen-bond donors (Lipinski definition) is 6. The average molecular weight is 377 g/mol. The second-order valence-electron chi connectivity index (χ2n) is 6.11. The molecule has 0 aliphatic rings. The maximum absolute atomic E-state index is 9.05. The fourth-order valence-electron chi connectivity index (χ4n) is 1.61. The van der Waals surface area contributed by atoms with Crippen molar-refractivity contribution in [3.63, 3.8) is 0 Å². The molecule has 7 nitrogen and oxygen atoms in total. The van der Waals surface area contributed by atoms with E-state index in [2.05, 4.69) is 16.0 Å². The van der Waals surface area contributed by atoms with Gasteiger partial charge in [0.1, 0.15) is 12.6 Å². The summed E-state index contributed by atoms with van der Waals surface area (Å²) in [7, 11) is 6.07. The molecule has 0 aliphatic carbocycles. The summed E-state index contributed by atoms with van der Waals surface area (Å²) < 4.78 is 0.758. The quantitative estimate of drug-likeness (QED) is 0.109. The Morgan fingerprint density at radius 3 is 1.43 bits per heavy atom. The molecule has 144 valence electrons. The standard InChI is InChI=1S/C8H23N5.C6H15ClNO.ClH/c9-1-3-11-5-7-13-8-6-12-4-2-10;1-8(2,3)5-6(9)4-7;/h11-13H,1-10H2;6,9H,4-5H2,1-3H3;1H/q;+1;/p-1. The van der Waals surface area contributed by atoms with Crippen molar-refractivity contribution >= 4 is 11.6 Å². The van der Waals surface area contributed by atoms with Crippen LogP contribution in [0.3, 0.4) is 0 Å². The number of alkyl halides is 1. The normalized spacial score (nSPS) is 12.1. The molecule has 0 spiro atoms. The predicted octanol–water partition coefficient (Wildman–Crippen LogP) is -5.03. The van der Waals surface area contributed by atoms with Gasteiger partial charge in [-0.05, 0) is 0 Å². The first-order valence-corrected chi connectivity index (χ1v) is 8.47. The highest BCUT2D eigenvalue weighted by atomic mass is 35.5. The summed E-state index contributed by atoms with van der Waals surface area (Å²) in [6, 6.07) is 0. The number of rotatable bonds is 13. The van der Waals surface area contributed by atoms with E-state index in [-0.39, 0.29) is 18.5 Å². The Morgan fingerprint density at radius 2 is 1.22 bits per heavy atom. The van der Waals surface area contributed by atoms with Crippen LogP contribution in [0.4, 0.5) is 0 Å². The highest BCUT2D eigenvalue weighted by Crippen LogP contribution is 1.95. The molecule has 0 aromatic heterocycles. The zero-order valence-corrected chi connectivity index (χ0v) is 16.5. The van der Waals surface area contributed by atoms with Gasteiger partial charge in [0.15, 0.2) is 0 Å². The highest BCUT2D eigenvalue weighted by Gasteiger charge is 2.13. The van der Waals surface area contributed by atoms with Crippen molar-refractivity contribution in [2.45, 2.75) is 6.10 Å². The molecule has 0 aliphatic heterocycles. The number of nitrogens with zero attached hydrogens (tertiary/aromatic N) is 1. The highest BCUT2D eigenvalue weighted by molar-refractivity contribution is 6.18. The maximum Gasteiger partial charge on any atom is 0.116 e. The van der Waals surface area contributed by atoms with Gasteiger partial charge in [0, 0.05) is 52.4 Å². The van der Waals surface area contributed by atoms with Gasteiger partial charge in [0.2, 0.25) is 0 Å². The van der Waals surface area contributed by atoms with Crippen molar-refractivity contribution < 1.29 is 22.0 Å². The van der Waals surface area contributed by atoms with Gasteiger partial charge >= 0.3 is 0 Å². The monoisotopic (exact) mass is 376 g/mol. The lowest BCUT2D eigenvalue weighted by Crippen LogP contribution is -3.00. The van der Waals surface area contributed by atoms with Crippen LogP contribution in [0.25, 0.3) is 0 Å². The average Bonchev–Trinajstić information content (AvgIpc) is 2.44. The zero-order chi connectivity index (χ0) is 17.3. The summed E-state index contributed by atoms with van der Waals surface area (Å²) in [6.45, 7) is 7.86. The van der Waals surface area contributed by atoms with Crippen molar-refractivity contribution in [2.24, 2.45) is 11.5 Å². The van der Waals surface area contributed by atoms with Crippen LogP contribution in [0.1, 0.15) is 0 Å². The van der Waals surface area contributed by atoms with Crippen molar-refractivity contribution in [1.82, 2.24) is 16.0 Å². The largest absolute Gasteiger partial charge is 1.00 e. The molecule has 9 heteroatoms. The van der Waals surface area contributed by atoms with Crippen LogP contribution in [-0.2, 0) is 0 Å². The Morgan fingerprint density at radius 1 is 0.870 bits per heavy atom. The van der Waals surface area contributed by atoms with E-state index in [1.807, 2.05) is 21.1 Å². The first kappa shape index (κ1) is 28.1. The van der Waals surface area contributed by atoms with Crippen LogP contribution < -0.4 is 39.8 Å². The summed E-state index contributed by atoms with van der Waals surface area (Å²) in [6.07, 6.45) is -0.369. The molecule has 0 saturated heterocycles. The molecule has 0 amide bonds. The Kier molecular flexibility index (Phi) is 24.9. The molecular weight excluding hydrogens is 339 g/mol. The van der Waals surface area contributed by atoms with Gasteiger partial charge in [-0.1, -0.05) is 0 Å².